The van der Waals surface area contributed by atoms with E-state index in [1.807, 2.05) is 43.3 Å². The summed E-state index contributed by atoms with van der Waals surface area (Å²) in [4.78, 5) is 46.6. The van der Waals surface area contributed by atoms with Gasteiger partial charge in [-0.3, -0.25) is 0 Å². The minimum absolute atomic E-state index is 0.168. The van der Waals surface area contributed by atoms with Crippen molar-refractivity contribution >= 4 is 25.8 Å². The molecule has 212 valence electrons. The quantitative estimate of drug-likeness (QED) is 0.342. The first-order chi connectivity index (χ1) is 19.4. The Morgan fingerprint density at radius 3 is 2.52 bits per heavy atom. The number of amides is 3. The van der Waals surface area contributed by atoms with E-state index in [-0.39, 0.29) is 24.7 Å². The number of unbranched alkanes of at least 4 members (excludes halogenated alkanes) is 1. The predicted molar refractivity (Wildman–Crippen MR) is 150 cm³/mol. The molecule has 10 nitrogen and oxygen atoms in total. The molecule has 1 aromatic heterocycles. The van der Waals surface area contributed by atoms with Crippen LogP contribution in [0.2, 0.25) is 0 Å². The summed E-state index contributed by atoms with van der Waals surface area (Å²) in [6.07, 6.45) is 2.29. The van der Waals surface area contributed by atoms with E-state index >= 15 is 0 Å². The van der Waals surface area contributed by atoms with Gasteiger partial charge in [-0.05, 0) is 0 Å². The second-order valence-corrected chi connectivity index (χ2v) is 10.4. The number of ether oxygens (including phenoxy) is 2. The summed E-state index contributed by atoms with van der Waals surface area (Å²) >= 11 is 0. The van der Waals surface area contributed by atoms with Crippen LogP contribution in [0.5, 0.6) is 0 Å². The van der Waals surface area contributed by atoms with Gasteiger partial charge in [0, 0.05) is 0 Å². The number of methoxy groups -OCH3 is 1. The van der Waals surface area contributed by atoms with Gasteiger partial charge in [-0.1, -0.05) is 6.92 Å². The predicted octanol–water partition coefficient (Wildman–Crippen LogP) is 3.93. The zero-order valence-corrected chi connectivity index (χ0v) is 23.8. The van der Waals surface area contributed by atoms with Crippen molar-refractivity contribution in [3.63, 3.8) is 0 Å². The van der Waals surface area contributed by atoms with Crippen molar-refractivity contribution in [3.8, 4) is 16.9 Å². The van der Waals surface area contributed by atoms with Gasteiger partial charge in [0.05, 0.1) is 0 Å². The van der Waals surface area contributed by atoms with Gasteiger partial charge < -0.3 is 0 Å². The fourth-order valence-corrected chi connectivity index (χ4v) is 5.07. The first-order valence-electron chi connectivity index (χ1n) is 13.6. The molecule has 0 spiro atoms. The summed E-state index contributed by atoms with van der Waals surface area (Å²) < 4.78 is 22.0. The van der Waals surface area contributed by atoms with Crippen molar-refractivity contribution < 1.29 is 28.4 Å². The van der Waals surface area contributed by atoms with Crippen molar-refractivity contribution in [2.75, 3.05) is 46.5 Å². The molecular formula is C29H35N4O6P. The first kappa shape index (κ1) is 29.5. The molecule has 2 heterocycles. The molecule has 1 saturated carbocycles. The van der Waals surface area contributed by atoms with Crippen molar-refractivity contribution in [3.05, 3.63) is 53.7 Å². The fourth-order valence-electron chi connectivity index (χ4n) is 4.79. The second kappa shape index (κ2) is 14.3. The number of rotatable bonds is 10. The van der Waals surface area contributed by atoms with Crippen LogP contribution < -0.4 is 5.32 Å². The molecule has 0 radical (unpaired) electrons. The van der Waals surface area contributed by atoms with Crippen molar-refractivity contribution in [2.45, 2.75) is 38.1 Å². The molecule has 0 bridgehead atoms. The Labute approximate surface area is 235 Å². The summed E-state index contributed by atoms with van der Waals surface area (Å²) in [6, 6.07) is 12.1. The zero-order valence-electron chi connectivity index (χ0n) is 22.9. The number of benzene rings is 1. The summed E-state index contributed by atoms with van der Waals surface area (Å²) in [5.41, 5.74) is 5.20. The van der Waals surface area contributed by atoms with Crippen LogP contribution in [0.3, 0.4) is 0 Å². The Hall–Kier alpha value is -3.45. The average Bonchev–Trinajstić information content (AvgIpc) is 3.76. The molecule has 2 aromatic rings. The Morgan fingerprint density at radius 1 is 1.12 bits per heavy atom. The van der Waals surface area contributed by atoms with Gasteiger partial charge in [-0.2, -0.15) is 0 Å². The van der Waals surface area contributed by atoms with E-state index in [2.05, 4.69) is 15.9 Å². The third-order valence-electron chi connectivity index (χ3n) is 7.16. The molecule has 3 amide bonds. The molecule has 4 rings (SSSR count). The number of hydrogen-bond acceptors (Lipinski definition) is 7. The van der Waals surface area contributed by atoms with Crippen molar-refractivity contribution in [2.24, 2.45) is 5.92 Å². The van der Waals surface area contributed by atoms with Gasteiger partial charge in [-0.25, -0.2) is 0 Å². The number of hydrogen-bond donors (Lipinski definition) is 1. The molecule has 1 N–H and O–H groups in total. The standard InChI is InChI=1S/C29H35N4O6P/c1-3-4-14-39-29(36)33-12-10-32(11-13-33)28(35)26(19-40-37)31-27(34)25-17-21(23-15-22(23)18-38-2)16-24(30-25)20-8-6-5-7-9-20/h5-9,16-17,22-23,26H,3-4,10-15,18H2,1-2H3,(H,31,34)/t22-,23-,26+/m1/s1. The van der Waals surface area contributed by atoms with Crippen LogP contribution in [0.1, 0.15) is 48.2 Å². The van der Waals surface area contributed by atoms with Gasteiger partial charge in [0.1, 0.15) is 0 Å². The molecule has 1 saturated heterocycles. The summed E-state index contributed by atoms with van der Waals surface area (Å²) in [5.74, 6) is -0.365. The number of nitrogens with zero attached hydrogens (tertiary/aromatic N) is 3. The Bertz CT molecular complexity index is 1310. The van der Waals surface area contributed by atoms with Crippen LogP contribution in [0.4, 0.5) is 4.79 Å². The Morgan fingerprint density at radius 2 is 1.85 bits per heavy atom. The number of aromatic nitrogens is 1. The van der Waals surface area contributed by atoms with Gasteiger partial charge >= 0.3 is 229 Å². The number of piperazine rings is 1. The molecule has 11 heteroatoms. The molecule has 3 atom stereocenters. The molecule has 40 heavy (non-hydrogen) atoms. The minimum atomic E-state index is -1.23. The van der Waals surface area contributed by atoms with E-state index in [1.165, 1.54) is 4.90 Å². The van der Waals surface area contributed by atoms with Crippen LogP contribution in [0, 0.1) is 11.5 Å². The van der Waals surface area contributed by atoms with E-state index in [4.69, 9.17) is 9.47 Å². The third kappa shape index (κ3) is 7.60. The van der Waals surface area contributed by atoms with Gasteiger partial charge in [0.15, 0.2) is 0 Å². The van der Waals surface area contributed by atoms with Gasteiger partial charge in [-0.15, -0.1) is 0 Å². The summed E-state index contributed by atoms with van der Waals surface area (Å²) in [7, 11) is 1.17. The molecule has 2 fully saturated rings. The fraction of sp³-hybridized carbons (Fsp3) is 0.483. The zero-order chi connectivity index (χ0) is 28.5. The maximum atomic E-state index is 13.4. The Kier molecular flexibility index (Phi) is 10.5. The summed E-state index contributed by atoms with van der Waals surface area (Å²) in [5, 5.41) is 2.66. The van der Waals surface area contributed by atoms with Crippen LogP contribution in [0.25, 0.3) is 11.3 Å². The van der Waals surface area contributed by atoms with E-state index in [1.54, 1.807) is 18.1 Å². The van der Waals surface area contributed by atoms with Crippen LogP contribution in [-0.2, 0) is 18.8 Å². The molecular weight excluding hydrogens is 531 g/mol. The molecule has 1 aliphatic heterocycles. The first-order valence-corrected chi connectivity index (χ1v) is 14.4. The topological polar surface area (TPSA) is 118 Å². The maximum absolute atomic E-state index is 13.4. The monoisotopic (exact) mass is 566 g/mol. The van der Waals surface area contributed by atoms with Crippen LogP contribution >= 0.6 is 7.92 Å². The van der Waals surface area contributed by atoms with Crippen LogP contribution in [0.15, 0.2) is 42.5 Å². The number of carbonyl (C=O) groups excluding carboxylic acids is 3. The number of pyridine rings is 1. The van der Waals surface area contributed by atoms with Crippen molar-refractivity contribution in [1.29, 1.82) is 0 Å². The third-order valence-corrected chi connectivity index (χ3v) is 7.52. The van der Waals surface area contributed by atoms with E-state index in [9.17, 15) is 18.9 Å². The molecule has 1 aromatic carbocycles. The number of nitrogens with one attached hydrogen (secondary N) is 1. The SMILES string of the molecule is CCCCOC(=O)N1CCN(C(=O)[C@H](C#P=O)NC(=O)c2cc([C@H]3C[C@@H]3COC)cc(-c3ccccc3)n2)CC1. The molecule has 0 unspecified atom stereocenters. The Balaban J connectivity index is 1.46. The molecule has 1 aliphatic carbocycles. The average molecular weight is 567 g/mol. The van der Waals surface area contributed by atoms with Crippen molar-refractivity contribution in [1.82, 2.24) is 20.1 Å². The normalized spacial score (nSPS) is 18.9. The van der Waals surface area contributed by atoms with Crippen LogP contribution in [-0.4, -0.2) is 85.2 Å². The summed E-state index contributed by atoms with van der Waals surface area (Å²) in [6.45, 7) is 4.16. The number of carbonyl (C=O) groups is 3. The van der Waals surface area contributed by atoms with E-state index in [0.29, 0.717) is 37.9 Å². The van der Waals surface area contributed by atoms with E-state index < -0.39 is 31.9 Å². The molecule has 2 aliphatic rings. The van der Waals surface area contributed by atoms with E-state index in [0.717, 1.165) is 30.4 Å². The van der Waals surface area contributed by atoms with Gasteiger partial charge in [0.25, 0.3) is 0 Å². The second-order valence-electron chi connectivity index (χ2n) is 10.0. The van der Waals surface area contributed by atoms with Gasteiger partial charge in [0.2, 0.25) is 0 Å².